The van der Waals surface area contributed by atoms with Crippen LogP contribution in [0.15, 0.2) is 35.4 Å². The van der Waals surface area contributed by atoms with E-state index in [-0.39, 0.29) is 0 Å². The standard InChI is InChI=1S/C48H76N2.2C12H25.Ni/c1-9-17-25-37-33-41(34-38(26-18-10-2)43(37)29-21-13-5)47-45(31-23-15-7)46(32-24-16-8)48(50(47)49)42-35-39(27-19-11-3)44(30-22-14-6)40(36-42)28-20-12-4;2*1-3-5-7-9-11-12-10-8-6-4-2;/h33-36H,9-32H2,1-8H3;2*1,3-12H2,2H3;. The molecule has 75 heavy (non-hydrogen) atoms. The van der Waals surface area contributed by atoms with Crippen molar-refractivity contribution in [3.8, 4) is 0 Å². The number of rotatable bonds is 48. The molecule has 0 radical (unpaired) electrons. The van der Waals surface area contributed by atoms with Crippen LogP contribution in [-0.4, -0.2) is 4.70 Å². The van der Waals surface area contributed by atoms with Gasteiger partial charge in [0.15, 0.2) is 0 Å². The maximum absolute atomic E-state index is 12.7. The third kappa shape index (κ3) is 28.1. The first-order valence-corrected chi connectivity index (χ1v) is 35.0. The molecule has 434 valence electrons. The first-order chi connectivity index (χ1) is 36.8. The fourth-order valence-corrected chi connectivity index (χ4v) is 12.7. The minimum absolute atomic E-state index is 1.03. The van der Waals surface area contributed by atoms with Crippen LogP contribution in [0.25, 0.3) is 16.9 Å². The van der Waals surface area contributed by atoms with Gasteiger partial charge < -0.3 is 5.53 Å². The predicted octanol–water partition coefficient (Wildman–Crippen LogP) is 25.0. The van der Waals surface area contributed by atoms with Crippen LogP contribution >= 0.6 is 0 Å². The fraction of sp³-hybridized carbons (Fsp3) is 0.778. The van der Waals surface area contributed by atoms with E-state index < -0.39 is 0 Å². The second-order valence-corrected chi connectivity index (χ2v) is 24.7. The molecule has 1 aliphatic rings. The third-order valence-corrected chi connectivity index (χ3v) is 17.6. The van der Waals surface area contributed by atoms with E-state index in [0.29, 0.717) is 0 Å². The van der Waals surface area contributed by atoms with Crippen molar-refractivity contribution >= 4 is 11.4 Å². The number of benzene rings is 2. The van der Waals surface area contributed by atoms with E-state index in [0.717, 1.165) is 75.6 Å². The Kier molecular flexibility index (Phi) is 43.2. The van der Waals surface area contributed by atoms with Crippen molar-refractivity contribution in [1.29, 1.82) is 0 Å². The van der Waals surface area contributed by atoms with Crippen molar-refractivity contribution in [3.63, 3.8) is 0 Å². The first-order valence-electron chi connectivity index (χ1n) is 33.6. The Morgan fingerprint density at radius 1 is 0.280 bits per heavy atom. The van der Waals surface area contributed by atoms with Gasteiger partial charge in [-0.3, -0.25) is 0 Å². The average Bonchev–Trinajstić information content (AvgIpc) is 3.70. The summed E-state index contributed by atoms with van der Waals surface area (Å²) in [7, 11) is 0. The van der Waals surface area contributed by atoms with Gasteiger partial charge in [0, 0.05) is 22.3 Å². The molecule has 0 amide bonds. The summed E-state index contributed by atoms with van der Waals surface area (Å²) in [6.07, 6.45) is 57.5. The third-order valence-electron chi connectivity index (χ3n) is 16.3. The number of unbranched alkanes of at least 4 members (excludes halogenated alkanes) is 26. The van der Waals surface area contributed by atoms with E-state index in [2.05, 4.69) is 93.5 Å². The van der Waals surface area contributed by atoms with E-state index in [4.69, 9.17) is 0 Å². The monoisotopic (exact) mass is 1080 g/mol. The van der Waals surface area contributed by atoms with Gasteiger partial charge in [-0.05, 0) is 160 Å². The van der Waals surface area contributed by atoms with Gasteiger partial charge in [0.25, 0.3) is 0 Å². The molecule has 2 nitrogen and oxygen atoms in total. The van der Waals surface area contributed by atoms with Crippen LogP contribution in [0.3, 0.4) is 0 Å². The summed E-state index contributed by atoms with van der Waals surface area (Å²) in [6, 6.07) is 10.0. The summed E-state index contributed by atoms with van der Waals surface area (Å²) in [5.41, 5.74) is 29.5. The van der Waals surface area contributed by atoms with E-state index >= 15 is 0 Å². The summed E-state index contributed by atoms with van der Waals surface area (Å²) >= 11 is 2.03. The molecule has 0 N–H and O–H groups in total. The molecule has 0 saturated carbocycles. The summed E-state index contributed by atoms with van der Waals surface area (Å²) in [4.78, 5) is 0. The van der Waals surface area contributed by atoms with Gasteiger partial charge in [0.05, 0.1) is 0 Å². The zero-order valence-electron chi connectivity index (χ0n) is 52.0. The molecule has 3 heteroatoms. The van der Waals surface area contributed by atoms with Crippen molar-refractivity contribution in [2.45, 2.75) is 363 Å². The van der Waals surface area contributed by atoms with E-state index in [1.54, 1.807) is 15.8 Å². The molecule has 0 bridgehead atoms. The van der Waals surface area contributed by atoms with Crippen molar-refractivity contribution in [2.24, 2.45) is 0 Å². The predicted molar refractivity (Wildman–Crippen MR) is 334 cm³/mol. The van der Waals surface area contributed by atoms with Gasteiger partial charge in [-0.2, -0.15) is 0 Å². The van der Waals surface area contributed by atoms with E-state index in [9.17, 15) is 5.53 Å². The molecule has 0 fully saturated rings. The quantitative estimate of drug-likeness (QED) is 0.0359. The molecule has 2 aromatic carbocycles. The Morgan fingerprint density at radius 3 is 0.773 bits per heavy atom. The molecular weight excluding hydrogens is 951 g/mol. The van der Waals surface area contributed by atoms with Crippen molar-refractivity contribution in [1.82, 2.24) is 0 Å². The summed E-state index contributed by atoms with van der Waals surface area (Å²) < 4.78 is 1.69. The molecular formula is C72H126N2Ni. The Labute approximate surface area is 475 Å². The minimum atomic E-state index is 1.03. The summed E-state index contributed by atoms with van der Waals surface area (Å²) in [6.45, 7) is 23.1. The fourth-order valence-electron chi connectivity index (χ4n) is 11.4. The van der Waals surface area contributed by atoms with Crippen LogP contribution in [-0.2, 0) is 53.0 Å². The zero-order chi connectivity index (χ0) is 54.6. The average molecular weight is 1080 g/mol. The number of hydrogen-bond donors (Lipinski definition) is 0. The second-order valence-electron chi connectivity index (χ2n) is 23.2. The molecule has 0 spiro atoms. The number of hydrogen-bond acceptors (Lipinski definition) is 0. The number of allylic oxidation sites excluding steroid dienone is 2. The van der Waals surface area contributed by atoms with Crippen molar-refractivity contribution in [2.75, 3.05) is 0 Å². The second kappa shape index (κ2) is 46.9. The van der Waals surface area contributed by atoms with E-state index in [1.807, 2.05) is 14.4 Å². The molecule has 2 aromatic rings. The van der Waals surface area contributed by atoms with Gasteiger partial charge >= 0.3 is 167 Å². The van der Waals surface area contributed by atoms with Crippen LogP contribution in [0.5, 0.6) is 0 Å². The topological polar surface area (TPSA) is 25.3 Å². The molecule has 1 heterocycles. The molecule has 0 aromatic heterocycles. The van der Waals surface area contributed by atoms with E-state index in [1.165, 1.54) is 274 Å². The Balaban J connectivity index is 0.000000649. The summed E-state index contributed by atoms with van der Waals surface area (Å²) in [5, 5.41) is 2.86. The zero-order valence-corrected chi connectivity index (χ0v) is 53.0. The number of nitrogens with zero attached hydrogens (tertiary/aromatic N) is 2. The van der Waals surface area contributed by atoms with Gasteiger partial charge in [0.1, 0.15) is 0 Å². The normalized spacial score (nSPS) is 12.7. The molecule has 0 atom stereocenters. The van der Waals surface area contributed by atoms with Crippen molar-refractivity contribution < 1.29 is 19.1 Å². The van der Waals surface area contributed by atoms with Crippen LogP contribution < -0.4 is 0 Å². The molecule has 3 rings (SSSR count). The van der Waals surface area contributed by atoms with Crippen LogP contribution in [0.2, 0.25) is 10.8 Å². The van der Waals surface area contributed by atoms with Gasteiger partial charge in [-0.1, -0.05) is 107 Å². The Morgan fingerprint density at radius 2 is 0.507 bits per heavy atom. The number of aryl methyl sites for hydroxylation is 4. The maximum atomic E-state index is 12.7. The SMILES string of the molecule is CCCCC1=C(c2cc(CCCC)c(CCCC)c(CCCC)c2)[N+](=[N-])C(c2cc(CCCC)c(CCCC)c(CCCC)c2)=C1CCCC.CCCCCCCCCCC[CH2][Ni][CH2]CCCCCCCCCCC. The van der Waals surface area contributed by atoms with Crippen LogP contribution in [0, 0.1) is 0 Å². The van der Waals surface area contributed by atoms with Crippen LogP contribution in [0.1, 0.15) is 358 Å². The van der Waals surface area contributed by atoms with Gasteiger partial charge in [-0.25, -0.2) is 4.70 Å². The molecule has 1 aliphatic heterocycles. The molecule has 0 aliphatic carbocycles. The van der Waals surface area contributed by atoms with Crippen LogP contribution in [0.4, 0.5) is 0 Å². The van der Waals surface area contributed by atoms with Gasteiger partial charge in [0.2, 0.25) is 11.4 Å². The van der Waals surface area contributed by atoms with Crippen molar-refractivity contribution in [3.05, 3.63) is 85.5 Å². The Hall–Kier alpha value is -1.99. The molecule has 0 unspecified atom stereocenters. The first kappa shape index (κ1) is 69.1. The Bertz CT molecular complexity index is 1610. The van der Waals surface area contributed by atoms with Gasteiger partial charge in [-0.15, -0.1) is 0 Å². The summed E-state index contributed by atoms with van der Waals surface area (Å²) in [5.74, 6) is 0. The molecule has 0 saturated heterocycles.